The molecule has 7 heteroatoms. The Morgan fingerprint density at radius 3 is 2.37 bits per heavy atom. The highest BCUT2D eigenvalue weighted by Gasteiger charge is 2.41. The van der Waals surface area contributed by atoms with Crippen molar-refractivity contribution in [1.82, 2.24) is 0 Å². The number of nitrogens with zero attached hydrogens (tertiary/aromatic N) is 1. The van der Waals surface area contributed by atoms with E-state index in [4.69, 9.17) is 16.3 Å². The van der Waals surface area contributed by atoms with Crippen molar-refractivity contribution in [3.63, 3.8) is 0 Å². The number of benzene rings is 2. The molecule has 0 saturated heterocycles. The van der Waals surface area contributed by atoms with Crippen molar-refractivity contribution in [1.29, 1.82) is 0 Å². The molecule has 1 aliphatic rings. The number of ether oxygens (including phenoxy) is 1. The van der Waals surface area contributed by atoms with E-state index >= 15 is 0 Å². The van der Waals surface area contributed by atoms with Gasteiger partial charge in [-0.3, -0.25) is 14.9 Å². The molecule has 0 radical (unpaired) electrons. The summed E-state index contributed by atoms with van der Waals surface area (Å²) in [5, 5.41) is 14.3. The molecule has 1 N–H and O–H groups in total. The van der Waals surface area contributed by atoms with Crippen molar-refractivity contribution in [2.75, 3.05) is 12.4 Å². The van der Waals surface area contributed by atoms with Crippen LogP contribution in [0.1, 0.15) is 37.7 Å². The van der Waals surface area contributed by atoms with Gasteiger partial charge < -0.3 is 10.1 Å². The highest BCUT2D eigenvalue weighted by molar-refractivity contribution is 6.32. The molecular formula is C20H21ClN2O4. The number of hydrogen-bond donors (Lipinski definition) is 1. The van der Waals surface area contributed by atoms with Crippen molar-refractivity contribution in [2.24, 2.45) is 0 Å². The first kappa shape index (κ1) is 19.2. The lowest BCUT2D eigenvalue weighted by Crippen LogP contribution is -2.42. The fourth-order valence-corrected chi connectivity index (χ4v) is 3.96. The zero-order valence-electron chi connectivity index (χ0n) is 15.0. The molecule has 0 bridgehead atoms. The molecule has 2 aromatic rings. The van der Waals surface area contributed by atoms with Gasteiger partial charge >= 0.3 is 0 Å². The van der Waals surface area contributed by atoms with Gasteiger partial charge in [0.15, 0.2) is 0 Å². The Kier molecular flexibility index (Phi) is 5.65. The summed E-state index contributed by atoms with van der Waals surface area (Å²) < 4.78 is 5.14. The number of halogens is 1. The number of carbonyl (C=O) groups excluding carboxylic acids is 1. The Morgan fingerprint density at radius 1 is 1.15 bits per heavy atom. The van der Waals surface area contributed by atoms with Gasteiger partial charge in [0.25, 0.3) is 5.69 Å². The van der Waals surface area contributed by atoms with Crippen LogP contribution < -0.4 is 10.1 Å². The zero-order chi connectivity index (χ0) is 19.4. The van der Waals surface area contributed by atoms with Gasteiger partial charge in [-0.1, -0.05) is 43.0 Å². The molecule has 1 fully saturated rings. The van der Waals surface area contributed by atoms with Crippen LogP contribution in [0.4, 0.5) is 11.4 Å². The van der Waals surface area contributed by atoms with Gasteiger partial charge in [-0.2, -0.15) is 0 Å². The lowest BCUT2D eigenvalue weighted by atomic mass is 9.68. The van der Waals surface area contributed by atoms with E-state index in [-0.39, 0.29) is 11.6 Å². The molecular weight excluding hydrogens is 368 g/mol. The maximum Gasteiger partial charge on any atom is 0.269 e. The molecule has 1 aliphatic carbocycles. The quantitative estimate of drug-likeness (QED) is 0.570. The fourth-order valence-electron chi connectivity index (χ4n) is 3.70. The maximum absolute atomic E-state index is 13.3. The van der Waals surface area contributed by atoms with Crippen molar-refractivity contribution < 1.29 is 14.5 Å². The molecule has 0 aliphatic heterocycles. The molecule has 1 amide bonds. The second-order valence-corrected chi connectivity index (χ2v) is 7.16. The lowest BCUT2D eigenvalue weighted by molar-refractivity contribution is -0.384. The molecule has 0 atom stereocenters. The number of amides is 1. The number of anilines is 1. The Morgan fingerprint density at radius 2 is 1.81 bits per heavy atom. The maximum atomic E-state index is 13.3. The highest BCUT2D eigenvalue weighted by Crippen LogP contribution is 2.41. The summed E-state index contributed by atoms with van der Waals surface area (Å²) in [4.78, 5) is 23.8. The summed E-state index contributed by atoms with van der Waals surface area (Å²) in [6.45, 7) is 0. The van der Waals surface area contributed by atoms with E-state index in [1.54, 1.807) is 30.3 Å². The first-order chi connectivity index (χ1) is 13.0. The first-order valence-corrected chi connectivity index (χ1v) is 9.24. The zero-order valence-corrected chi connectivity index (χ0v) is 15.8. The number of nitro groups is 1. The van der Waals surface area contributed by atoms with Gasteiger partial charge in [0.1, 0.15) is 5.75 Å². The number of rotatable bonds is 5. The second kappa shape index (κ2) is 7.96. The Balaban J connectivity index is 1.90. The fraction of sp³-hybridized carbons (Fsp3) is 0.350. The molecule has 2 aromatic carbocycles. The monoisotopic (exact) mass is 388 g/mol. The van der Waals surface area contributed by atoms with Gasteiger partial charge in [-0.25, -0.2) is 0 Å². The van der Waals surface area contributed by atoms with E-state index in [2.05, 4.69) is 5.32 Å². The Bertz CT molecular complexity index is 846. The topological polar surface area (TPSA) is 81.5 Å². The van der Waals surface area contributed by atoms with Crippen LogP contribution in [0.25, 0.3) is 0 Å². The number of non-ortho nitro benzene ring substituents is 1. The number of nitrogens with one attached hydrogen (secondary N) is 1. The molecule has 0 aromatic heterocycles. The third-order valence-electron chi connectivity index (χ3n) is 5.18. The highest BCUT2D eigenvalue weighted by atomic mass is 35.5. The molecule has 6 nitrogen and oxygen atoms in total. The second-order valence-electron chi connectivity index (χ2n) is 6.75. The average Bonchev–Trinajstić information content (AvgIpc) is 2.68. The van der Waals surface area contributed by atoms with E-state index in [9.17, 15) is 14.9 Å². The van der Waals surface area contributed by atoms with Gasteiger partial charge in [-0.05, 0) is 36.6 Å². The number of hydrogen-bond acceptors (Lipinski definition) is 4. The van der Waals surface area contributed by atoms with E-state index in [1.165, 1.54) is 19.2 Å². The number of carbonyl (C=O) groups is 1. The van der Waals surface area contributed by atoms with E-state index < -0.39 is 10.3 Å². The van der Waals surface area contributed by atoms with Crippen molar-refractivity contribution in [3.05, 3.63) is 63.2 Å². The van der Waals surface area contributed by atoms with E-state index in [0.717, 1.165) is 24.8 Å². The van der Waals surface area contributed by atoms with Crippen LogP contribution in [-0.4, -0.2) is 17.9 Å². The van der Waals surface area contributed by atoms with Crippen LogP contribution >= 0.6 is 11.6 Å². The minimum absolute atomic E-state index is 0.0204. The summed E-state index contributed by atoms with van der Waals surface area (Å²) in [7, 11) is 1.53. The molecule has 27 heavy (non-hydrogen) atoms. The average molecular weight is 389 g/mol. The van der Waals surface area contributed by atoms with Crippen LogP contribution in [0.15, 0.2) is 42.5 Å². The SMILES string of the molecule is COc1ccc(NC(=O)C2(c3ccc([N+](=O)[O-])cc3)CCCCC2)cc1Cl. The third-order valence-corrected chi connectivity index (χ3v) is 5.48. The predicted octanol–water partition coefficient (Wildman–Crippen LogP) is 5.10. The van der Waals surface area contributed by atoms with Crippen LogP contribution in [-0.2, 0) is 10.2 Å². The molecule has 0 heterocycles. The van der Waals surface area contributed by atoms with Crippen LogP contribution in [0, 0.1) is 10.1 Å². The van der Waals surface area contributed by atoms with Gasteiger partial charge in [0.05, 0.1) is 22.5 Å². The van der Waals surface area contributed by atoms with Crippen LogP contribution in [0.2, 0.25) is 5.02 Å². The van der Waals surface area contributed by atoms with Crippen LogP contribution in [0.3, 0.4) is 0 Å². The summed E-state index contributed by atoms with van der Waals surface area (Å²) in [6.07, 6.45) is 4.37. The smallest absolute Gasteiger partial charge is 0.269 e. The Hall–Kier alpha value is -2.60. The molecule has 0 spiro atoms. The minimum Gasteiger partial charge on any atom is -0.495 e. The number of nitro benzene ring substituents is 1. The molecule has 0 unspecified atom stereocenters. The molecule has 1 saturated carbocycles. The lowest BCUT2D eigenvalue weighted by Gasteiger charge is -2.36. The summed E-state index contributed by atoms with van der Waals surface area (Å²) in [6, 6.07) is 11.4. The summed E-state index contributed by atoms with van der Waals surface area (Å²) in [5.74, 6) is 0.426. The van der Waals surface area contributed by atoms with Gasteiger partial charge in [-0.15, -0.1) is 0 Å². The van der Waals surface area contributed by atoms with Crippen LogP contribution in [0.5, 0.6) is 5.75 Å². The molecule has 3 rings (SSSR count). The standard InChI is InChI=1S/C20H21ClN2O4/c1-27-18-10-7-15(13-17(18)21)22-19(24)20(11-3-2-4-12-20)14-5-8-16(9-6-14)23(25)26/h5-10,13H,2-4,11-12H2,1H3,(H,22,24). The van der Waals surface area contributed by atoms with Gasteiger partial charge in [0, 0.05) is 17.8 Å². The summed E-state index contributed by atoms with van der Waals surface area (Å²) in [5.41, 5.74) is 0.731. The van der Waals surface area contributed by atoms with Crippen molar-refractivity contribution in [2.45, 2.75) is 37.5 Å². The summed E-state index contributed by atoms with van der Waals surface area (Å²) >= 11 is 6.16. The van der Waals surface area contributed by atoms with Gasteiger partial charge in [0.2, 0.25) is 5.91 Å². The normalized spacial score (nSPS) is 15.8. The molecule has 142 valence electrons. The number of methoxy groups -OCH3 is 1. The van der Waals surface area contributed by atoms with E-state index in [1.807, 2.05) is 0 Å². The third kappa shape index (κ3) is 3.90. The predicted molar refractivity (Wildman–Crippen MR) is 104 cm³/mol. The Labute approximate surface area is 162 Å². The van der Waals surface area contributed by atoms with Crippen molar-refractivity contribution >= 4 is 28.9 Å². The minimum atomic E-state index is -0.695. The van der Waals surface area contributed by atoms with Crippen molar-refractivity contribution in [3.8, 4) is 5.75 Å². The largest absolute Gasteiger partial charge is 0.495 e. The first-order valence-electron chi connectivity index (χ1n) is 8.86. The van der Waals surface area contributed by atoms with E-state index in [0.29, 0.717) is 29.3 Å².